The molecule has 0 aromatic heterocycles. The molecule has 1 atom stereocenters. The molecule has 0 bridgehead atoms. The summed E-state index contributed by atoms with van der Waals surface area (Å²) in [6.45, 7) is 0.864. The van der Waals surface area contributed by atoms with E-state index in [-0.39, 0.29) is 49.4 Å². The highest BCUT2D eigenvalue weighted by molar-refractivity contribution is 6.25. The molecule has 4 aromatic rings. The van der Waals surface area contributed by atoms with Crippen molar-refractivity contribution in [1.29, 1.82) is 0 Å². The lowest BCUT2D eigenvalue weighted by atomic mass is 9.88. The Kier molecular flexibility index (Phi) is 11.5. The van der Waals surface area contributed by atoms with Gasteiger partial charge in [-0.25, -0.2) is 0 Å². The van der Waals surface area contributed by atoms with Gasteiger partial charge in [-0.05, 0) is 64.9 Å². The van der Waals surface area contributed by atoms with E-state index in [0.29, 0.717) is 30.3 Å². The first kappa shape index (κ1) is 36.1. The number of amides is 5. The molecule has 10 nitrogen and oxygen atoms in total. The van der Waals surface area contributed by atoms with Crippen molar-refractivity contribution in [2.75, 3.05) is 37.9 Å². The molecule has 4 aromatic carbocycles. The van der Waals surface area contributed by atoms with E-state index >= 15 is 0 Å². The summed E-state index contributed by atoms with van der Waals surface area (Å²) in [5.74, 6) is -1.25. The van der Waals surface area contributed by atoms with E-state index in [2.05, 4.69) is 34.9 Å². The number of anilines is 1. The van der Waals surface area contributed by atoms with Gasteiger partial charge in [-0.15, -0.1) is 11.6 Å². The van der Waals surface area contributed by atoms with Crippen molar-refractivity contribution < 1.29 is 28.7 Å². The zero-order chi connectivity index (χ0) is 36.6. The molecule has 2 heterocycles. The summed E-state index contributed by atoms with van der Waals surface area (Å²) in [5, 5.41) is 5.31. The predicted molar refractivity (Wildman–Crippen MR) is 200 cm³/mol. The number of nitrogens with one attached hydrogen (secondary N) is 2. The highest BCUT2D eigenvalue weighted by Gasteiger charge is 2.45. The highest BCUT2D eigenvalue weighted by Crippen LogP contribution is 2.36. The van der Waals surface area contributed by atoms with Crippen LogP contribution in [0.2, 0.25) is 0 Å². The van der Waals surface area contributed by atoms with Crippen molar-refractivity contribution in [1.82, 2.24) is 15.1 Å². The fourth-order valence-electron chi connectivity index (χ4n) is 6.57. The molecule has 0 radical (unpaired) electrons. The summed E-state index contributed by atoms with van der Waals surface area (Å²) < 4.78 is 6.01. The fourth-order valence-corrected chi connectivity index (χ4v) is 6.76. The van der Waals surface area contributed by atoms with E-state index in [4.69, 9.17) is 16.3 Å². The molecule has 52 heavy (non-hydrogen) atoms. The van der Waals surface area contributed by atoms with Gasteiger partial charge in [-0.2, -0.15) is 0 Å². The topological polar surface area (TPSA) is 125 Å². The maximum atomic E-state index is 13.3. The molecular weight excluding hydrogens is 680 g/mol. The van der Waals surface area contributed by atoms with Gasteiger partial charge >= 0.3 is 0 Å². The van der Waals surface area contributed by atoms with E-state index in [9.17, 15) is 24.0 Å². The average molecular weight is 719 g/mol. The second-order valence-corrected chi connectivity index (χ2v) is 12.9. The van der Waals surface area contributed by atoms with Crippen molar-refractivity contribution in [2.24, 2.45) is 0 Å². The van der Waals surface area contributed by atoms with Crippen LogP contribution in [0.4, 0.5) is 5.69 Å². The summed E-state index contributed by atoms with van der Waals surface area (Å²) in [6, 6.07) is 32.2. The van der Waals surface area contributed by atoms with Gasteiger partial charge in [-0.1, -0.05) is 78.9 Å². The van der Waals surface area contributed by atoms with Gasteiger partial charge in [-0.3, -0.25) is 34.2 Å². The first-order valence-corrected chi connectivity index (χ1v) is 17.8. The number of carbonyl (C=O) groups is 5. The number of piperidine rings is 1. The molecule has 2 N–H and O–H groups in total. The Labute approximate surface area is 307 Å². The number of hydrogen-bond donors (Lipinski definition) is 2. The quantitative estimate of drug-likeness (QED) is 0.0929. The van der Waals surface area contributed by atoms with Gasteiger partial charge in [0.2, 0.25) is 17.7 Å². The minimum Gasteiger partial charge on any atom is -0.492 e. The van der Waals surface area contributed by atoms with Gasteiger partial charge in [0.15, 0.2) is 0 Å². The Bertz CT molecular complexity index is 2000. The van der Waals surface area contributed by atoms with Gasteiger partial charge < -0.3 is 15.0 Å². The molecule has 11 heteroatoms. The molecule has 0 saturated carbocycles. The molecule has 266 valence electrons. The maximum Gasteiger partial charge on any atom is 0.264 e. The van der Waals surface area contributed by atoms with Crippen LogP contribution in [-0.2, 0) is 14.4 Å². The Balaban J connectivity index is 1.03. The third-order valence-electron chi connectivity index (χ3n) is 9.22. The number of allylic oxidation sites excluding steroid dienone is 1. The van der Waals surface area contributed by atoms with Crippen LogP contribution in [-0.4, -0.2) is 78.0 Å². The van der Waals surface area contributed by atoms with E-state index in [1.807, 2.05) is 60.7 Å². The zero-order valence-electron chi connectivity index (χ0n) is 28.8. The van der Waals surface area contributed by atoms with Crippen LogP contribution in [0.15, 0.2) is 103 Å². The SMILES string of the molecule is CN(CCOc1ccc(C(=C(CCCl)c2ccccc2)c2ccccc2)cc1)C(=O)CCNc1cccc2c1C(=O)N(C1CCC(=O)NC1=O)C2=O. The van der Waals surface area contributed by atoms with Crippen molar-refractivity contribution >= 4 is 58.0 Å². The lowest BCUT2D eigenvalue weighted by molar-refractivity contribution is -0.136. The van der Waals surface area contributed by atoms with E-state index in [1.54, 1.807) is 24.1 Å². The van der Waals surface area contributed by atoms with Crippen molar-refractivity contribution in [3.63, 3.8) is 0 Å². The van der Waals surface area contributed by atoms with Crippen LogP contribution < -0.4 is 15.4 Å². The Hall–Kier alpha value is -5.74. The van der Waals surface area contributed by atoms with Crippen LogP contribution in [0.25, 0.3) is 11.1 Å². The number of benzene rings is 4. The number of carbonyl (C=O) groups excluding carboxylic acids is 5. The van der Waals surface area contributed by atoms with Crippen LogP contribution in [0.5, 0.6) is 5.75 Å². The second-order valence-electron chi connectivity index (χ2n) is 12.6. The third-order valence-corrected chi connectivity index (χ3v) is 9.41. The monoisotopic (exact) mass is 718 g/mol. The molecule has 1 fully saturated rings. The van der Waals surface area contributed by atoms with Gasteiger partial charge in [0.25, 0.3) is 11.8 Å². The molecular formula is C41H39ClN4O6. The first-order valence-electron chi connectivity index (χ1n) is 17.2. The molecule has 0 spiro atoms. The number of ether oxygens (including phenoxy) is 1. The summed E-state index contributed by atoms with van der Waals surface area (Å²) in [7, 11) is 1.70. The number of halogens is 1. The number of likely N-dealkylation sites (N-methyl/N-ethyl adjacent to an activating group) is 1. The van der Waals surface area contributed by atoms with Crippen LogP contribution >= 0.6 is 11.6 Å². The summed E-state index contributed by atoms with van der Waals surface area (Å²) >= 11 is 6.29. The number of imide groups is 2. The number of rotatable bonds is 14. The summed E-state index contributed by atoms with van der Waals surface area (Å²) in [6.07, 6.45) is 0.958. The van der Waals surface area contributed by atoms with Crippen molar-refractivity contribution in [3.05, 3.63) is 131 Å². The number of hydrogen-bond acceptors (Lipinski definition) is 7. The summed E-state index contributed by atoms with van der Waals surface area (Å²) in [4.78, 5) is 65.9. The Morgan fingerprint density at radius 2 is 1.52 bits per heavy atom. The predicted octanol–water partition coefficient (Wildman–Crippen LogP) is 6.02. The standard InChI is InChI=1S/C41H39ClN4O6/c1-45(36(48)22-24-43-33-14-8-13-32-38(33)41(51)46(40(32)50)34-19-20-35(47)44-39(34)49)25-26-52-30-17-15-29(16-18-30)37(28-11-6-3-7-12-28)31(21-23-42)27-9-4-2-5-10-27/h2-18,34,43H,19-26H2,1H3,(H,44,47,49). The molecule has 0 aliphatic carbocycles. The lowest BCUT2D eigenvalue weighted by Crippen LogP contribution is -2.54. The van der Waals surface area contributed by atoms with Crippen LogP contribution in [0, 0.1) is 0 Å². The summed E-state index contributed by atoms with van der Waals surface area (Å²) in [5.41, 5.74) is 6.26. The van der Waals surface area contributed by atoms with Crippen molar-refractivity contribution in [2.45, 2.75) is 31.7 Å². The normalized spacial score (nSPS) is 15.9. The smallest absolute Gasteiger partial charge is 0.264 e. The largest absolute Gasteiger partial charge is 0.492 e. The van der Waals surface area contributed by atoms with Gasteiger partial charge in [0, 0.05) is 38.0 Å². The Morgan fingerprint density at radius 1 is 0.846 bits per heavy atom. The maximum absolute atomic E-state index is 13.3. The molecule has 5 amide bonds. The minimum atomic E-state index is -1.05. The van der Waals surface area contributed by atoms with Gasteiger partial charge in [0.05, 0.1) is 17.7 Å². The van der Waals surface area contributed by atoms with Crippen LogP contribution in [0.3, 0.4) is 0 Å². The molecule has 6 rings (SSSR count). The molecule has 2 aliphatic rings. The molecule has 1 unspecified atom stereocenters. The van der Waals surface area contributed by atoms with E-state index < -0.39 is 29.7 Å². The number of nitrogens with zero attached hydrogens (tertiary/aromatic N) is 2. The fraction of sp³-hybridized carbons (Fsp3) is 0.244. The lowest BCUT2D eigenvalue weighted by Gasteiger charge is -2.27. The van der Waals surface area contributed by atoms with E-state index in [1.165, 1.54) is 6.07 Å². The van der Waals surface area contributed by atoms with E-state index in [0.717, 1.165) is 32.7 Å². The number of alkyl halides is 1. The average Bonchev–Trinajstić information content (AvgIpc) is 3.42. The van der Waals surface area contributed by atoms with Crippen LogP contribution in [0.1, 0.15) is 63.1 Å². The molecule has 2 aliphatic heterocycles. The second kappa shape index (κ2) is 16.5. The number of fused-ring (bicyclic) bond motifs is 1. The molecule has 1 saturated heterocycles. The van der Waals surface area contributed by atoms with Crippen molar-refractivity contribution in [3.8, 4) is 5.75 Å². The third kappa shape index (κ3) is 7.92. The first-order chi connectivity index (χ1) is 25.3. The zero-order valence-corrected chi connectivity index (χ0v) is 29.5. The Morgan fingerprint density at radius 3 is 2.19 bits per heavy atom. The minimum absolute atomic E-state index is 0.0421. The van der Waals surface area contributed by atoms with Gasteiger partial charge in [0.1, 0.15) is 18.4 Å². The highest BCUT2D eigenvalue weighted by atomic mass is 35.5.